The minimum Gasteiger partial charge on any atom is -0.346 e. The quantitative estimate of drug-likeness (QED) is 0.369. The summed E-state index contributed by atoms with van der Waals surface area (Å²) in [7, 11) is 0. The lowest BCUT2D eigenvalue weighted by Gasteiger charge is -2.04. The third-order valence-corrected chi connectivity index (χ3v) is 4.64. The number of H-pyrrole nitrogens is 1. The fraction of sp³-hybridized carbons (Fsp3) is 0.238. The van der Waals surface area contributed by atoms with E-state index in [0.717, 1.165) is 29.8 Å². The molecule has 0 bridgehead atoms. The first kappa shape index (κ1) is 19.7. The number of carbonyl (C=O) groups excluding carboxylic acids is 1. The number of nitrogens with one attached hydrogen (secondary N) is 3. The number of hydrogen-bond acceptors (Lipinski definition) is 5. The number of para-hydroxylation sites is 2. The number of nitrogens with zero attached hydrogens (tertiary/aromatic N) is 4. The van der Waals surface area contributed by atoms with Crippen molar-refractivity contribution in [2.75, 3.05) is 13.1 Å². The third kappa shape index (κ3) is 4.87. The maximum absolute atomic E-state index is 13.6. The Hall–Kier alpha value is -3.59. The van der Waals surface area contributed by atoms with Crippen molar-refractivity contribution < 1.29 is 9.18 Å². The number of pyridine rings is 1. The highest BCUT2D eigenvalue weighted by atomic mass is 19.1. The standard InChI is InChI=1S/C21H22FN7O/c22-16-4-3-8-24-19(16)13-25-21(30)15-12-26-29(14-15)11-10-23-9-7-20-27-17-5-1-2-6-18(17)28-20/h1-6,8,12,14,23H,7,9-11,13H2,(H,25,30)(H,27,28). The number of halogens is 1. The van der Waals surface area contributed by atoms with Gasteiger partial charge < -0.3 is 15.6 Å². The van der Waals surface area contributed by atoms with Crippen LogP contribution in [-0.2, 0) is 19.5 Å². The molecule has 4 aromatic rings. The number of imidazole rings is 1. The van der Waals surface area contributed by atoms with Crippen LogP contribution in [0.2, 0.25) is 0 Å². The smallest absolute Gasteiger partial charge is 0.254 e. The van der Waals surface area contributed by atoms with Gasteiger partial charge in [-0.1, -0.05) is 12.1 Å². The van der Waals surface area contributed by atoms with E-state index in [2.05, 4.69) is 30.7 Å². The normalized spacial score (nSPS) is 11.1. The zero-order valence-corrected chi connectivity index (χ0v) is 16.3. The predicted octanol–water partition coefficient (Wildman–Crippen LogP) is 2.06. The Bertz CT molecular complexity index is 1100. The van der Waals surface area contributed by atoms with Crippen LogP contribution in [-0.4, -0.2) is 43.7 Å². The topological polar surface area (TPSA) is 101 Å². The van der Waals surface area contributed by atoms with E-state index in [9.17, 15) is 9.18 Å². The van der Waals surface area contributed by atoms with Crippen LogP contribution < -0.4 is 10.6 Å². The molecule has 0 atom stereocenters. The molecule has 0 unspecified atom stereocenters. The minimum absolute atomic E-state index is 0.0278. The van der Waals surface area contributed by atoms with Gasteiger partial charge in [0.2, 0.25) is 0 Å². The maximum atomic E-state index is 13.6. The third-order valence-electron chi connectivity index (χ3n) is 4.64. The van der Waals surface area contributed by atoms with Gasteiger partial charge in [-0.15, -0.1) is 0 Å². The second kappa shape index (κ2) is 9.27. The number of carbonyl (C=O) groups is 1. The SMILES string of the molecule is O=C(NCc1ncccc1F)c1cnn(CCNCCc2nc3ccccc3[nH]2)c1. The highest BCUT2D eigenvalue weighted by Crippen LogP contribution is 2.10. The molecule has 0 aliphatic heterocycles. The zero-order valence-electron chi connectivity index (χ0n) is 16.3. The van der Waals surface area contributed by atoms with Crippen LogP contribution in [0.15, 0.2) is 55.0 Å². The van der Waals surface area contributed by atoms with E-state index in [0.29, 0.717) is 18.7 Å². The van der Waals surface area contributed by atoms with E-state index < -0.39 is 5.82 Å². The predicted molar refractivity (Wildman–Crippen MR) is 110 cm³/mol. The van der Waals surface area contributed by atoms with Gasteiger partial charge in [-0.2, -0.15) is 5.10 Å². The summed E-state index contributed by atoms with van der Waals surface area (Å²) in [6.07, 6.45) is 5.46. The molecule has 30 heavy (non-hydrogen) atoms. The van der Waals surface area contributed by atoms with Gasteiger partial charge in [0.05, 0.1) is 41.6 Å². The van der Waals surface area contributed by atoms with E-state index in [1.807, 2.05) is 24.3 Å². The number of aromatic nitrogens is 5. The molecule has 9 heteroatoms. The number of rotatable bonds is 9. The molecular weight excluding hydrogens is 385 g/mol. The Morgan fingerprint density at radius 1 is 1.17 bits per heavy atom. The van der Waals surface area contributed by atoms with Gasteiger partial charge in [0.15, 0.2) is 0 Å². The van der Waals surface area contributed by atoms with E-state index in [1.54, 1.807) is 10.9 Å². The van der Waals surface area contributed by atoms with E-state index >= 15 is 0 Å². The van der Waals surface area contributed by atoms with Crippen molar-refractivity contribution >= 4 is 16.9 Å². The summed E-state index contributed by atoms with van der Waals surface area (Å²) in [5, 5.41) is 10.2. The van der Waals surface area contributed by atoms with Crippen LogP contribution in [0, 0.1) is 5.82 Å². The average Bonchev–Trinajstić information content (AvgIpc) is 3.39. The van der Waals surface area contributed by atoms with Crippen LogP contribution >= 0.6 is 0 Å². The van der Waals surface area contributed by atoms with Crippen molar-refractivity contribution in [1.82, 2.24) is 35.4 Å². The molecule has 3 aromatic heterocycles. The molecule has 3 N–H and O–H groups in total. The van der Waals surface area contributed by atoms with Crippen LogP contribution in [0.1, 0.15) is 21.9 Å². The monoisotopic (exact) mass is 407 g/mol. The van der Waals surface area contributed by atoms with Crippen LogP contribution in [0.5, 0.6) is 0 Å². The fourth-order valence-corrected chi connectivity index (χ4v) is 3.07. The van der Waals surface area contributed by atoms with Crippen molar-refractivity contribution in [2.45, 2.75) is 19.5 Å². The Morgan fingerprint density at radius 3 is 2.93 bits per heavy atom. The van der Waals surface area contributed by atoms with Gasteiger partial charge in [-0.25, -0.2) is 9.37 Å². The van der Waals surface area contributed by atoms with E-state index in [4.69, 9.17) is 0 Å². The van der Waals surface area contributed by atoms with Gasteiger partial charge in [-0.3, -0.25) is 14.5 Å². The van der Waals surface area contributed by atoms with Crippen molar-refractivity contribution in [3.05, 3.63) is 77.9 Å². The Morgan fingerprint density at radius 2 is 2.07 bits per heavy atom. The number of hydrogen-bond donors (Lipinski definition) is 3. The number of benzene rings is 1. The summed E-state index contributed by atoms with van der Waals surface area (Å²) >= 11 is 0. The van der Waals surface area contributed by atoms with Gasteiger partial charge in [0, 0.05) is 31.9 Å². The zero-order chi connectivity index (χ0) is 20.8. The molecule has 0 saturated heterocycles. The molecule has 1 amide bonds. The molecule has 8 nitrogen and oxygen atoms in total. The van der Waals surface area contributed by atoms with E-state index in [1.165, 1.54) is 24.5 Å². The second-order valence-corrected chi connectivity index (χ2v) is 6.81. The molecule has 1 aromatic carbocycles. The van der Waals surface area contributed by atoms with Crippen molar-refractivity contribution in [2.24, 2.45) is 0 Å². The second-order valence-electron chi connectivity index (χ2n) is 6.81. The number of amides is 1. The first-order valence-electron chi connectivity index (χ1n) is 9.73. The molecule has 0 spiro atoms. The lowest BCUT2D eigenvalue weighted by atomic mass is 10.3. The van der Waals surface area contributed by atoms with Gasteiger partial charge in [0.25, 0.3) is 5.91 Å². The molecular formula is C21H22FN7O. The fourth-order valence-electron chi connectivity index (χ4n) is 3.07. The molecule has 0 aliphatic carbocycles. The number of fused-ring (bicyclic) bond motifs is 1. The van der Waals surface area contributed by atoms with Gasteiger partial charge in [0.1, 0.15) is 11.6 Å². The largest absolute Gasteiger partial charge is 0.346 e. The molecule has 0 radical (unpaired) electrons. The first-order valence-corrected chi connectivity index (χ1v) is 9.73. The Balaban J connectivity index is 1.19. The summed E-state index contributed by atoms with van der Waals surface area (Å²) in [6.45, 7) is 2.15. The summed E-state index contributed by atoms with van der Waals surface area (Å²) in [5.74, 6) is 0.192. The van der Waals surface area contributed by atoms with Crippen molar-refractivity contribution in [3.63, 3.8) is 0 Å². The van der Waals surface area contributed by atoms with Crippen LogP contribution in [0.3, 0.4) is 0 Å². The lowest BCUT2D eigenvalue weighted by molar-refractivity contribution is 0.0950. The molecule has 3 heterocycles. The maximum Gasteiger partial charge on any atom is 0.254 e. The highest BCUT2D eigenvalue weighted by Gasteiger charge is 2.10. The van der Waals surface area contributed by atoms with E-state index in [-0.39, 0.29) is 18.1 Å². The summed E-state index contributed by atoms with van der Waals surface area (Å²) in [5.41, 5.74) is 2.64. The van der Waals surface area contributed by atoms with Crippen LogP contribution in [0.25, 0.3) is 11.0 Å². The van der Waals surface area contributed by atoms with Crippen molar-refractivity contribution in [1.29, 1.82) is 0 Å². The molecule has 4 rings (SSSR count). The summed E-state index contributed by atoms with van der Waals surface area (Å²) in [4.78, 5) is 24.0. The molecule has 0 aliphatic rings. The minimum atomic E-state index is -0.442. The van der Waals surface area contributed by atoms with Gasteiger partial charge >= 0.3 is 0 Å². The molecule has 154 valence electrons. The highest BCUT2D eigenvalue weighted by molar-refractivity contribution is 5.93. The van der Waals surface area contributed by atoms with Gasteiger partial charge in [-0.05, 0) is 24.3 Å². The molecule has 0 saturated carbocycles. The lowest BCUT2D eigenvalue weighted by Crippen LogP contribution is -2.24. The summed E-state index contributed by atoms with van der Waals surface area (Å²) in [6, 6.07) is 10.8. The molecule has 0 fully saturated rings. The number of aromatic amines is 1. The van der Waals surface area contributed by atoms with Crippen molar-refractivity contribution in [3.8, 4) is 0 Å². The Kier molecular flexibility index (Phi) is 6.09. The Labute approximate surface area is 172 Å². The average molecular weight is 407 g/mol. The summed E-state index contributed by atoms with van der Waals surface area (Å²) < 4.78 is 15.3. The first-order chi connectivity index (χ1) is 14.7. The van der Waals surface area contributed by atoms with Crippen LogP contribution in [0.4, 0.5) is 4.39 Å².